The summed E-state index contributed by atoms with van der Waals surface area (Å²) in [6, 6.07) is 12.5. The molecule has 7 heteroatoms. The molecule has 0 unspecified atom stereocenters. The average Bonchev–Trinajstić information content (AvgIpc) is 3.13. The lowest BCUT2D eigenvalue weighted by Crippen LogP contribution is -3.15. The van der Waals surface area contributed by atoms with E-state index in [2.05, 4.69) is 28.2 Å². The smallest absolute Gasteiger partial charge is 0.128 e. The van der Waals surface area contributed by atoms with E-state index < -0.39 is 0 Å². The number of thiophene rings is 1. The number of nitrogens with one attached hydrogen (secondary N) is 1. The molecule has 1 aliphatic heterocycles. The molecule has 0 bridgehead atoms. The summed E-state index contributed by atoms with van der Waals surface area (Å²) in [4.78, 5) is 12.5. The highest BCUT2D eigenvalue weighted by molar-refractivity contribution is 7.99. The van der Waals surface area contributed by atoms with Crippen LogP contribution in [-0.2, 0) is 4.74 Å². The fraction of sp³-hybridized carbons (Fsp3) is 0.368. The fourth-order valence-corrected chi connectivity index (χ4v) is 5.09. The van der Waals surface area contributed by atoms with Gasteiger partial charge in [-0.15, -0.1) is 23.1 Å². The van der Waals surface area contributed by atoms with E-state index in [0.717, 1.165) is 48.1 Å². The monoisotopic (exact) mass is 388 g/mol. The maximum absolute atomic E-state index is 10.4. The Balaban J connectivity index is 1.45. The molecular weight excluding hydrogens is 366 g/mol. The van der Waals surface area contributed by atoms with Gasteiger partial charge in [0, 0.05) is 16.0 Å². The van der Waals surface area contributed by atoms with Crippen molar-refractivity contribution in [3.05, 3.63) is 42.7 Å². The molecule has 4 rings (SSSR count). The van der Waals surface area contributed by atoms with Crippen LogP contribution in [0.5, 0.6) is 0 Å². The van der Waals surface area contributed by atoms with E-state index in [1.54, 1.807) is 29.4 Å². The normalized spacial score (nSPS) is 16.8. The van der Waals surface area contributed by atoms with Gasteiger partial charge < -0.3 is 14.7 Å². The third-order valence-electron chi connectivity index (χ3n) is 4.49. The van der Waals surface area contributed by atoms with Crippen LogP contribution in [0.25, 0.3) is 20.7 Å². The number of thioether (sulfide) groups is 1. The lowest BCUT2D eigenvalue weighted by atomic mass is 10.2. The van der Waals surface area contributed by atoms with Crippen molar-refractivity contribution >= 4 is 33.3 Å². The summed E-state index contributed by atoms with van der Waals surface area (Å²) in [5.74, 6) is 0.646. The van der Waals surface area contributed by atoms with Crippen molar-refractivity contribution in [2.24, 2.45) is 0 Å². The Hall–Kier alpha value is -1.51. The molecule has 1 saturated heterocycles. The maximum atomic E-state index is 10.4. The number of rotatable bonds is 6. The summed E-state index contributed by atoms with van der Waals surface area (Å²) in [6.07, 6.45) is 1.28. The second-order valence-electron chi connectivity index (χ2n) is 6.41. The van der Waals surface area contributed by atoms with Gasteiger partial charge in [0.2, 0.25) is 0 Å². The first kappa shape index (κ1) is 17.9. The van der Waals surface area contributed by atoms with Crippen molar-refractivity contribution < 1.29 is 14.7 Å². The quantitative estimate of drug-likeness (QED) is 0.497. The molecule has 3 aromatic rings. The van der Waals surface area contributed by atoms with Crippen molar-refractivity contribution in [3.8, 4) is 10.4 Å². The van der Waals surface area contributed by atoms with Crippen LogP contribution in [0.3, 0.4) is 0 Å². The van der Waals surface area contributed by atoms with Gasteiger partial charge in [0.05, 0.1) is 13.2 Å². The van der Waals surface area contributed by atoms with Crippen LogP contribution < -0.4 is 4.90 Å². The second-order valence-corrected chi connectivity index (χ2v) is 8.45. The largest absolute Gasteiger partial charge is 0.386 e. The number of aliphatic hydroxyl groups is 1. The van der Waals surface area contributed by atoms with Gasteiger partial charge in [0.1, 0.15) is 41.9 Å². The highest BCUT2D eigenvalue weighted by atomic mass is 32.2. The molecule has 136 valence electrons. The minimum Gasteiger partial charge on any atom is -0.386 e. The highest BCUT2D eigenvalue weighted by Crippen LogP contribution is 2.36. The summed E-state index contributed by atoms with van der Waals surface area (Å²) in [6.45, 7) is 4.30. The van der Waals surface area contributed by atoms with Gasteiger partial charge in [-0.1, -0.05) is 30.3 Å². The molecule has 3 heterocycles. The topological polar surface area (TPSA) is 59.7 Å². The van der Waals surface area contributed by atoms with Gasteiger partial charge in [0.25, 0.3) is 0 Å². The van der Waals surface area contributed by atoms with Crippen molar-refractivity contribution in [3.63, 3.8) is 0 Å². The minimum atomic E-state index is -0.342. The Morgan fingerprint density at radius 3 is 2.81 bits per heavy atom. The van der Waals surface area contributed by atoms with Gasteiger partial charge in [-0.3, -0.25) is 0 Å². The molecule has 0 amide bonds. The third-order valence-corrected chi connectivity index (χ3v) is 6.73. The molecule has 1 fully saturated rings. The Kier molecular flexibility index (Phi) is 5.81. The highest BCUT2D eigenvalue weighted by Gasteiger charge is 2.19. The molecule has 0 aliphatic carbocycles. The third kappa shape index (κ3) is 4.24. The zero-order valence-corrected chi connectivity index (χ0v) is 16.1. The number of benzene rings is 1. The van der Waals surface area contributed by atoms with Crippen LogP contribution >= 0.6 is 23.1 Å². The second kappa shape index (κ2) is 8.45. The van der Waals surface area contributed by atoms with E-state index in [1.165, 1.54) is 15.3 Å². The Bertz CT molecular complexity index is 850. The van der Waals surface area contributed by atoms with Crippen LogP contribution in [0.2, 0.25) is 0 Å². The van der Waals surface area contributed by atoms with E-state index in [-0.39, 0.29) is 6.10 Å². The van der Waals surface area contributed by atoms with Crippen molar-refractivity contribution in [1.29, 1.82) is 0 Å². The maximum Gasteiger partial charge on any atom is 0.128 e. The van der Waals surface area contributed by atoms with Crippen molar-refractivity contribution in [1.82, 2.24) is 9.97 Å². The number of hydrogen-bond donors (Lipinski definition) is 2. The molecule has 5 nitrogen and oxygen atoms in total. The number of morpholine rings is 1. The Labute approximate surface area is 161 Å². The summed E-state index contributed by atoms with van der Waals surface area (Å²) >= 11 is 3.30. The van der Waals surface area contributed by atoms with Crippen LogP contribution in [0.4, 0.5) is 0 Å². The number of quaternary nitrogens is 1. The van der Waals surface area contributed by atoms with Gasteiger partial charge in [-0.2, -0.15) is 0 Å². The first-order chi connectivity index (χ1) is 12.8. The Morgan fingerprint density at radius 1 is 1.19 bits per heavy atom. The first-order valence-electron chi connectivity index (χ1n) is 8.82. The van der Waals surface area contributed by atoms with Gasteiger partial charge in [-0.25, -0.2) is 9.97 Å². The molecule has 2 aromatic heterocycles. The molecule has 1 aromatic carbocycles. The lowest BCUT2D eigenvalue weighted by Gasteiger charge is -2.25. The van der Waals surface area contributed by atoms with Crippen molar-refractivity contribution in [2.45, 2.75) is 11.1 Å². The SMILES string of the molecule is O[C@@H](CSc1ncnc2sc(-c3ccccc3)cc12)C[NH+]1CCOCC1. The van der Waals surface area contributed by atoms with Gasteiger partial charge in [-0.05, 0) is 11.6 Å². The van der Waals surface area contributed by atoms with E-state index in [4.69, 9.17) is 4.74 Å². The number of aromatic nitrogens is 2. The molecular formula is C19H22N3O2S2+. The zero-order chi connectivity index (χ0) is 17.8. The lowest BCUT2D eigenvalue weighted by molar-refractivity contribution is -0.910. The van der Waals surface area contributed by atoms with E-state index in [1.807, 2.05) is 18.2 Å². The summed E-state index contributed by atoms with van der Waals surface area (Å²) in [5.41, 5.74) is 1.20. The molecule has 0 saturated carbocycles. The standard InChI is InChI=1S/C19H21N3O2S2/c23-15(11-22-6-8-24-9-7-22)12-25-18-16-10-17(14-4-2-1-3-5-14)26-19(16)21-13-20-18/h1-5,10,13,15,23H,6-9,11-12H2/p+1/t15-/m1/s1. The number of nitrogens with zero attached hydrogens (tertiary/aromatic N) is 2. The molecule has 26 heavy (non-hydrogen) atoms. The Morgan fingerprint density at radius 2 is 2.00 bits per heavy atom. The van der Waals surface area contributed by atoms with Gasteiger partial charge in [0.15, 0.2) is 0 Å². The van der Waals surface area contributed by atoms with Crippen LogP contribution in [0.1, 0.15) is 0 Å². The number of ether oxygens (including phenoxy) is 1. The summed E-state index contributed by atoms with van der Waals surface area (Å²) in [7, 11) is 0. The predicted octanol–water partition coefficient (Wildman–Crippen LogP) is 1.73. The molecule has 0 radical (unpaired) electrons. The minimum absolute atomic E-state index is 0.342. The number of fused-ring (bicyclic) bond motifs is 1. The summed E-state index contributed by atoms with van der Waals surface area (Å²) < 4.78 is 5.37. The number of aliphatic hydroxyl groups excluding tert-OH is 1. The molecule has 0 spiro atoms. The zero-order valence-electron chi connectivity index (χ0n) is 14.4. The first-order valence-corrected chi connectivity index (χ1v) is 10.6. The van der Waals surface area contributed by atoms with Crippen LogP contribution in [0.15, 0.2) is 47.8 Å². The van der Waals surface area contributed by atoms with Crippen molar-refractivity contribution in [2.75, 3.05) is 38.6 Å². The number of hydrogen-bond acceptors (Lipinski definition) is 6. The predicted molar refractivity (Wildman–Crippen MR) is 106 cm³/mol. The van der Waals surface area contributed by atoms with E-state index >= 15 is 0 Å². The molecule has 1 aliphatic rings. The average molecular weight is 389 g/mol. The summed E-state index contributed by atoms with van der Waals surface area (Å²) in [5, 5.41) is 12.4. The fourth-order valence-electron chi connectivity index (χ4n) is 3.12. The van der Waals surface area contributed by atoms with Gasteiger partial charge >= 0.3 is 0 Å². The molecule has 1 atom stereocenters. The van der Waals surface area contributed by atoms with E-state index in [0.29, 0.717) is 5.75 Å². The van der Waals surface area contributed by atoms with Crippen LogP contribution in [0, 0.1) is 0 Å². The van der Waals surface area contributed by atoms with Crippen LogP contribution in [-0.4, -0.2) is 59.8 Å². The molecule has 2 N–H and O–H groups in total. The van der Waals surface area contributed by atoms with E-state index in [9.17, 15) is 5.11 Å².